The second-order valence-corrected chi connectivity index (χ2v) is 2.36. The number of carbonyl (C=O) groups is 2. The smallest absolute Gasteiger partial charge is 0.354 e. The number of aromatic carboxylic acids is 1. The molecule has 74 valence electrons. The van der Waals surface area contributed by atoms with Crippen molar-refractivity contribution in [2.24, 2.45) is 0 Å². The summed E-state index contributed by atoms with van der Waals surface area (Å²) in [6.07, 6.45) is 3.75. The molecule has 1 aromatic rings. The summed E-state index contributed by atoms with van der Waals surface area (Å²) < 4.78 is 4.35. The van der Waals surface area contributed by atoms with Gasteiger partial charge in [0.05, 0.1) is 13.3 Å². The van der Waals surface area contributed by atoms with E-state index in [1.165, 1.54) is 19.4 Å². The Hall–Kier alpha value is -2.11. The number of nitrogens with zero attached hydrogens (tertiary/aromatic N) is 1. The number of hydrogen-bond donors (Lipinski definition) is 2. The maximum absolute atomic E-state index is 10.7. The molecular weight excluding hydrogens is 188 g/mol. The van der Waals surface area contributed by atoms with E-state index in [4.69, 9.17) is 5.11 Å². The number of hydrogen-bond acceptors (Lipinski definition) is 4. The normalized spacial score (nSPS) is 10.4. The van der Waals surface area contributed by atoms with Gasteiger partial charge in [-0.05, 0) is 6.08 Å². The van der Waals surface area contributed by atoms with Crippen LogP contribution in [0.15, 0.2) is 12.3 Å². The fourth-order valence-electron chi connectivity index (χ4n) is 0.819. The molecule has 1 aromatic heterocycles. The van der Waals surface area contributed by atoms with Crippen LogP contribution in [-0.4, -0.2) is 34.4 Å². The Morgan fingerprint density at radius 2 is 2.36 bits per heavy atom. The molecule has 0 bridgehead atoms. The topological polar surface area (TPSA) is 92.3 Å². The minimum Gasteiger partial charge on any atom is -0.477 e. The molecule has 6 nitrogen and oxygen atoms in total. The van der Waals surface area contributed by atoms with Gasteiger partial charge in [-0.3, -0.25) is 5.10 Å². The van der Waals surface area contributed by atoms with Crippen LogP contribution in [0.3, 0.4) is 0 Å². The number of rotatable bonds is 3. The number of ether oxygens (including phenoxy) is 1. The monoisotopic (exact) mass is 196 g/mol. The molecular formula is C8H8N2O4. The van der Waals surface area contributed by atoms with Gasteiger partial charge in [-0.1, -0.05) is 0 Å². The van der Waals surface area contributed by atoms with Gasteiger partial charge in [-0.25, -0.2) is 9.59 Å². The summed E-state index contributed by atoms with van der Waals surface area (Å²) in [6, 6.07) is 0. The number of aromatic amines is 1. The fourth-order valence-corrected chi connectivity index (χ4v) is 0.819. The van der Waals surface area contributed by atoms with Gasteiger partial charge in [0.2, 0.25) is 0 Å². The third-order valence-corrected chi connectivity index (χ3v) is 1.48. The zero-order chi connectivity index (χ0) is 10.6. The molecule has 0 aromatic carbocycles. The second kappa shape index (κ2) is 4.22. The summed E-state index contributed by atoms with van der Waals surface area (Å²) in [5.74, 6) is -1.69. The molecule has 0 aliphatic rings. The van der Waals surface area contributed by atoms with E-state index in [2.05, 4.69) is 14.9 Å². The van der Waals surface area contributed by atoms with Gasteiger partial charge in [-0.15, -0.1) is 0 Å². The van der Waals surface area contributed by atoms with Gasteiger partial charge in [0.1, 0.15) is 0 Å². The quantitative estimate of drug-likeness (QED) is 0.535. The number of carboxylic acids is 1. The minimum absolute atomic E-state index is 0.0647. The van der Waals surface area contributed by atoms with Gasteiger partial charge in [-0.2, -0.15) is 5.10 Å². The van der Waals surface area contributed by atoms with Crippen LogP contribution in [0.4, 0.5) is 0 Å². The van der Waals surface area contributed by atoms with E-state index >= 15 is 0 Å². The summed E-state index contributed by atoms with van der Waals surface area (Å²) in [5.41, 5.74) is 0.257. The average Bonchev–Trinajstić information content (AvgIpc) is 2.62. The Bertz CT molecular complexity index is 380. The predicted molar refractivity (Wildman–Crippen MR) is 46.6 cm³/mol. The maximum atomic E-state index is 10.7. The van der Waals surface area contributed by atoms with Gasteiger partial charge in [0, 0.05) is 11.6 Å². The number of carboxylic acid groups (broad SMARTS) is 1. The molecule has 0 spiro atoms. The first kappa shape index (κ1) is 9.97. The molecule has 0 saturated heterocycles. The van der Waals surface area contributed by atoms with E-state index < -0.39 is 11.9 Å². The van der Waals surface area contributed by atoms with Crippen LogP contribution in [0.25, 0.3) is 6.08 Å². The second-order valence-electron chi connectivity index (χ2n) is 2.36. The Labute approximate surface area is 79.2 Å². The van der Waals surface area contributed by atoms with E-state index in [0.29, 0.717) is 5.56 Å². The van der Waals surface area contributed by atoms with Crippen LogP contribution in [0.1, 0.15) is 16.1 Å². The lowest BCUT2D eigenvalue weighted by molar-refractivity contribution is -0.134. The molecule has 14 heavy (non-hydrogen) atoms. The Balaban J connectivity index is 2.86. The zero-order valence-electron chi connectivity index (χ0n) is 7.35. The van der Waals surface area contributed by atoms with Crippen molar-refractivity contribution in [1.29, 1.82) is 0 Å². The first-order chi connectivity index (χ1) is 6.65. The van der Waals surface area contributed by atoms with Crippen molar-refractivity contribution in [3.63, 3.8) is 0 Å². The number of aromatic nitrogens is 2. The lowest BCUT2D eigenvalue weighted by Crippen LogP contribution is -1.99. The third kappa shape index (κ3) is 2.19. The van der Waals surface area contributed by atoms with Crippen molar-refractivity contribution in [2.75, 3.05) is 7.11 Å². The Morgan fingerprint density at radius 1 is 1.64 bits per heavy atom. The predicted octanol–water partition coefficient (Wildman–Crippen LogP) is 0.294. The minimum atomic E-state index is -1.13. The van der Waals surface area contributed by atoms with Gasteiger partial charge in [0.15, 0.2) is 5.69 Å². The highest BCUT2D eigenvalue weighted by Gasteiger charge is 2.09. The van der Waals surface area contributed by atoms with Crippen molar-refractivity contribution >= 4 is 18.0 Å². The highest BCUT2D eigenvalue weighted by molar-refractivity contribution is 5.93. The summed E-state index contributed by atoms with van der Waals surface area (Å²) in [4.78, 5) is 21.3. The molecule has 0 radical (unpaired) electrons. The number of methoxy groups -OCH3 is 1. The lowest BCUT2D eigenvalue weighted by Gasteiger charge is -1.91. The van der Waals surface area contributed by atoms with Gasteiger partial charge < -0.3 is 9.84 Å². The van der Waals surface area contributed by atoms with E-state index in [-0.39, 0.29) is 5.69 Å². The van der Waals surface area contributed by atoms with Gasteiger partial charge >= 0.3 is 11.9 Å². The molecule has 0 aliphatic carbocycles. The molecule has 1 heterocycles. The van der Waals surface area contributed by atoms with E-state index in [1.807, 2.05) is 0 Å². The fraction of sp³-hybridized carbons (Fsp3) is 0.125. The average molecular weight is 196 g/mol. The highest BCUT2D eigenvalue weighted by Crippen LogP contribution is 2.06. The SMILES string of the molecule is COC(=O)C=Cc1cn[nH]c1C(=O)O. The highest BCUT2D eigenvalue weighted by atomic mass is 16.5. The summed E-state index contributed by atoms with van der Waals surface area (Å²) in [6.45, 7) is 0. The van der Waals surface area contributed by atoms with Gasteiger partial charge in [0.25, 0.3) is 0 Å². The molecule has 0 aliphatic heterocycles. The van der Waals surface area contributed by atoms with E-state index in [0.717, 1.165) is 6.08 Å². The Morgan fingerprint density at radius 3 is 2.93 bits per heavy atom. The summed E-state index contributed by atoms with van der Waals surface area (Å²) in [7, 11) is 1.24. The molecule has 6 heteroatoms. The van der Waals surface area contributed by atoms with Crippen LogP contribution in [0, 0.1) is 0 Å². The molecule has 0 amide bonds. The number of nitrogens with one attached hydrogen (secondary N) is 1. The summed E-state index contributed by atoms with van der Waals surface area (Å²) >= 11 is 0. The van der Waals surface area contributed by atoms with Crippen molar-refractivity contribution in [3.05, 3.63) is 23.5 Å². The number of carbonyl (C=O) groups excluding carboxylic acids is 1. The van der Waals surface area contributed by atoms with E-state index in [1.54, 1.807) is 0 Å². The molecule has 0 fully saturated rings. The number of esters is 1. The van der Waals surface area contributed by atoms with E-state index in [9.17, 15) is 9.59 Å². The first-order valence-corrected chi connectivity index (χ1v) is 3.68. The molecule has 0 saturated carbocycles. The van der Waals surface area contributed by atoms with Crippen molar-refractivity contribution in [1.82, 2.24) is 10.2 Å². The molecule has 0 unspecified atom stereocenters. The first-order valence-electron chi connectivity index (χ1n) is 3.68. The lowest BCUT2D eigenvalue weighted by atomic mass is 10.2. The summed E-state index contributed by atoms with van der Waals surface area (Å²) in [5, 5.41) is 14.5. The van der Waals surface area contributed by atoms with Crippen LogP contribution in [0.2, 0.25) is 0 Å². The number of H-pyrrole nitrogens is 1. The van der Waals surface area contributed by atoms with Crippen LogP contribution in [-0.2, 0) is 9.53 Å². The molecule has 0 atom stereocenters. The van der Waals surface area contributed by atoms with Crippen LogP contribution >= 0.6 is 0 Å². The third-order valence-electron chi connectivity index (χ3n) is 1.48. The van der Waals surface area contributed by atoms with Crippen molar-refractivity contribution in [3.8, 4) is 0 Å². The zero-order valence-corrected chi connectivity index (χ0v) is 7.35. The standard InChI is InChI=1S/C8H8N2O4/c1-14-6(11)3-2-5-4-9-10-7(5)8(12)13/h2-4H,1H3,(H,9,10)(H,12,13). The van der Waals surface area contributed by atoms with Crippen molar-refractivity contribution in [2.45, 2.75) is 0 Å². The molecule has 2 N–H and O–H groups in total. The van der Waals surface area contributed by atoms with Crippen LogP contribution < -0.4 is 0 Å². The molecule has 1 rings (SSSR count). The van der Waals surface area contributed by atoms with Crippen LogP contribution in [0.5, 0.6) is 0 Å². The largest absolute Gasteiger partial charge is 0.477 e. The van der Waals surface area contributed by atoms with Crippen molar-refractivity contribution < 1.29 is 19.4 Å². The maximum Gasteiger partial charge on any atom is 0.354 e. The Kier molecular flexibility index (Phi) is 3.01.